The molecule has 0 spiro atoms. The molecule has 0 bridgehead atoms. The molecule has 3 amide bonds. The van der Waals surface area contributed by atoms with E-state index in [0.717, 1.165) is 21.5 Å². The number of imide groups is 1. The molecule has 2 heterocycles. The average molecular weight is 386 g/mol. The van der Waals surface area contributed by atoms with Crippen LogP contribution in [0.4, 0.5) is 10.5 Å². The van der Waals surface area contributed by atoms with Gasteiger partial charge >= 0.3 is 0 Å². The van der Waals surface area contributed by atoms with Crippen molar-refractivity contribution < 1.29 is 14.4 Å². The minimum Gasteiger partial charge on any atom is -0.325 e. The van der Waals surface area contributed by atoms with E-state index in [2.05, 4.69) is 19.2 Å². The lowest BCUT2D eigenvalue weighted by molar-refractivity contribution is -0.127. The van der Waals surface area contributed by atoms with Crippen LogP contribution >= 0.6 is 23.1 Å². The summed E-state index contributed by atoms with van der Waals surface area (Å²) < 4.78 is 0. The van der Waals surface area contributed by atoms with Crippen LogP contribution in [0, 0.1) is 0 Å². The number of nitrogens with zero attached hydrogens (tertiary/aromatic N) is 1. The van der Waals surface area contributed by atoms with E-state index in [-0.39, 0.29) is 6.54 Å². The third kappa shape index (κ3) is 4.23. The predicted molar refractivity (Wildman–Crippen MR) is 106 cm³/mol. The zero-order chi connectivity index (χ0) is 18.7. The summed E-state index contributed by atoms with van der Waals surface area (Å²) in [6, 6.07) is 11.3. The Morgan fingerprint density at radius 2 is 1.92 bits per heavy atom. The second-order valence-electron chi connectivity index (χ2n) is 6.11. The van der Waals surface area contributed by atoms with Gasteiger partial charge in [-0.15, -0.1) is 11.3 Å². The molecule has 2 aromatic rings. The molecule has 1 aromatic heterocycles. The van der Waals surface area contributed by atoms with Crippen molar-refractivity contribution in [2.24, 2.45) is 0 Å². The highest BCUT2D eigenvalue weighted by Gasteiger charge is 2.36. The Morgan fingerprint density at radius 1 is 1.19 bits per heavy atom. The van der Waals surface area contributed by atoms with Gasteiger partial charge in [0.15, 0.2) is 0 Å². The number of thiophene rings is 1. The van der Waals surface area contributed by atoms with Gasteiger partial charge in [0.1, 0.15) is 6.54 Å². The van der Waals surface area contributed by atoms with E-state index in [1.807, 2.05) is 41.8 Å². The quantitative estimate of drug-likeness (QED) is 0.766. The molecule has 1 aromatic carbocycles. The molecule has 3 rings (SSSR count). The summed E-state index contributed by atoms with van der Waals surface area (Å²) in [4.78, 5) is 38.9. The molecule has 26 heavy (non-hydrogen) atoms. The van der Waals surface area contributed by atoms with E-state index in [1.165, 1.54) is 16.9 Å². The summed E-state index contributed by atoms with van der Waals surface area (Å²) in [5.41, 5.74) is 1.81. The van der Waals surface area contributed by atoms with Gasteiger partial charge in [0, 0.05) is 10.6 Å². The van der Waals surface area contributed by atoms with Crippen LogP contribution in [-0.4, -0.2) is 28.5 Å². The first kappa shape index (κ1) is 18.4. The normalized spacial score (nSPS) is 16.0. The molecule has 0 unspecified atom stereocenters. The van der Waals surface area contributed by atoms with Crippen LogP contribution in [0.2, 0.25) is 0 Å². The number of hydrogen-bond donors (Lipinski definition) is 1. The second-order valence-corrected chi connectivity index (χ2v) is 8.08. The summed E-state index contributed by atoms with van der Waals surface area (Å²) in [5, 5.41) is 4.19. The lowest BCUT2D eigenvalue weighted by Crippen LogP contribution is -2.36. The molecule has 1 saturated heterocycles. The SMILES string of the molecule is CC(C)c1ccc(NC(=O)CN2C(=O)S/C(=C\c3cccs3)C2=O)cc1. The van der Waals surface area contributed by atoms with Gasteiger partial charge in [-0.25, -0.2) is 0 Å². The third-order valence-corrected chi connectivity index (χ3v) is 5.58. The fraction of sp³-hybridized carbons (Fsp3) is 0.211. The molecule has 0 atom stereocenters. The highest BCUT2D eigenvalue weighted by atomic mass is 32.2. The standard InChI is InChI=1S/C19H18N2O3S2/c1-12(2)13-5-7-14(8-6-13)20-17(22)11-21-18(23)16(26-19(21)24)10-15-4-3-9-25-15/h3-10,12H,11H2,1-2H3,(H,20,22)/b16-10-. The van der Waals surface area contributed by atoms with Crippen molar-refractivity contribution in [2.45, 2.75) is 19.8 Å². The number of carbonyl (C=O) groups excluding carboxylic acids is 3. The predicted octanol–water partition coefficient (Wildman–Crippen LogP) is 4.55. The van der Waals surface area contributed by atoms with Crippen LogP contribution in [0.5, 0.6) is 0 Å². The molecule has 7 heteroatoms. The topological polar surface area (TPSA) is 66.5 Å². The van der Waals surface area contributed by atoms with Gasteiger partial charge in [-0.1, -0.05) is 32.0 Å². The van der Waals surface area contributed by atoms with Crippen molar-refractivity contribution >= 4 is 51.9 Å². The van der Waals surface area contributed by atoms with E-state index in [9.17, 15) is 14.4 Å². The first-order chi connectivity index (χ1) is 12.4. The van der Waals surface area contributed by atoms with Gasteiger partial charge in [0.25, 0.3) is 11.1 Å². The Morgan fingerprint density at radius 3 is 2.54 bits per heavy atom. The zero-order valence-electron chi connectivity index (χ0n) is 14.4. The average Bonchev–Trinajstić information content (AvgIpc) is 3.20. The Kier molecular flexibility index (Phi) is 5.58. The van der Waals surface area contributed by atoms with Crippen LogP contribution in [0.3, 0.4) is 0 Å². The third-order valence-electron chi connectivity index (χ3n) is 3.85. The van der Waals surface area contributed by atoms with Gasteiger partial charge in [-0.3, -0.25) is 19.3 Å². The molecule has 0 aliphatic carbocycles. The van der Waals surface area contributed by atoms with E-state index >= 15 is 0 Å². The van der Waals surface area contributed by atoms with E-state index in [1.54, 1.807) is 6.08 Å². The number of anilines is 1. The number of hydrogen-bond acceptors (Lipinski definition) is 5. The Hall–Kier alpha value is -2.38. The van der Waals surface area contributed by atoms with Crippen LogP contribution < -0.4 is 5.32 Å². The molecule has 1 aliphatic rings. The zero-order valence-corrected chi connectivity index (χ0v) is 16.0. The Labute approximate surface area is 160 Å². The van der Waals surface area contributed by atoms with Crippen molar-refractivity contribution in [1.29, 1.82) is 0 Å². The fourth-order valence-electron chi connectivity index (χ4n) is 2.43. The van der Waals surface area contributed by atoms with Crippen molar-refractivity contribution in [3.8, 4) is 0 Å². The van der Waals surface area contributed by atoms with E-state index in [0.29, 0.717) is 16.5 Å². The maximum absolute atomic E-state index is 12.4. The summed E-state index contributed by atoms with van der Waals surface area (Å²) in [5.74, 6) is -0.425. The van der Waals surface area contributed by atoms with E-state index in [4.69, 9.17) is 0 Å². The van der Waals surface area contributed by atoms with Gasteiger partial charge in [-0.05, 0) is 52.9 Å². The van der Waals surface area contributed by atoms with Crippen molar-refractivity contribution in [2.75, 3.05) is 11.9 Å². The molecular weight excluding hydrogens is 368 g/mol. The van der Waals surface area contributed by atoms with Crippen LogP contribution in [-0.2, 0) is 9.59 Å². The van der Waals surface area contributed by atoms with Gasteiger partial charge < -0.3 is 5.32 Å². The lowest BCUT2D eigenvalue weighted by Gasteiger charge is -2.13. The van der Waals surface area contributed by atoms with Gasteiger partial charge in [0.05, 0.1) is 4.91 Å². The molecule has 1 aliphatic heterocycles. The number of rotatable bonds is 5. The van der Waals surface area contributed by atoms with Crippen LogP contribution in [0.15, 0.2) is 46.7 Å². The second kappa shape index (κ2) is 7.88. The molecule has 0 saturated carbocycles. The first-order valence-corrected chi connectivity index (χ1v) is 9.82. The highest BCUT2D eigenvalue weighted by molar-refractivity contribution is 8.18. The number of carbonyl (C=O) groups is 3. The molecule has 0 radical (unpaired) electrons. The Balaban J connectivity index is 1.63. The Bertz CT molecular complexity index is 855. The highest BCUT2D eigenvalue weighted by Crippen LogP contribution is 2.32. The summed E-state index contributed by atoms with van der Waals surface area (Å²) in [7, 11) is 0. The van der Waals surface area contributed by atoms with Crippen LogP contribution in [0.1, 0.15) is 30.2 Å². The smallest absolute Gasteiger partial charge is 0.294 e. The number of benzene rings is 1. The minimum atomic E-state index is -0.432. The number of nitrogens with one attached hydrogen (secondary N) is 1. The monoisotopic (exact) mass is 386 g/mol. The lowest BCUT2D eigenvalue weighted by atomic mass is 10.0. The number of thioether (sulfide) groups is 1. The maximum atomic E-state index is 12.4. The molecule has 1 N–H and O–H groups in total. The molecule has 1 fully saturated rings. The van der Waals surface area contributed by atoms with E-state index < -0.39 is 17.1 Å². The fourth-order valence-corrected chi connectivity index (χ4v) is 4.00. The molecular formula is C19H18N2O3S2. The molecule has 134 valence electrons. The first-order valence-electron chi connectivity index (χ1n) is 8.12. The van der Waals surface area contributed by atoms with Crippen molar-refractivity contribution in [3.05, 3.63) is 57.1 Å². The van der Waals surface area contributed by atoms with Crippen LogP contribution in [0.25, 0.3) is 6.08 Å². The van der Waals surface area contributed by atoms with Crippen molar-refractivity contribution in [3.63, 3.8) is 0 Å². The largest absolute Gasteiger partial charge is 0.325 e. The summed E-state index contributed by atoms with van der Waals surface area (Å²) in [6.07, 6.45) is 1.68. The summed E-state index contributed by atoms with van der Waals surface area (Å²) >= 11 is 2.34. The molecule has 5 nitrogen and oxygen atoms in total. The minimum absolute atomic E-state index is 0.293. The van der Waals surface area contributed by atoms with Crippen molar-refractivity contribution in [1.82, 2.24) is 4.90 Å². The summed E-state index contributed by atoms with van der Waals surface area (Å²) in [6.45, 7) is 3.90. The number of amides is 3. The van der Waals surface area contributed by atoms with Gasteiger partial charge in [-0.2, -0.15) is 0 Å². The maximum Gasteiger partial charge on any atom is 0.294 e. The van der Waals surface area contributed by atoms with Gasteiger partial charge in [0.2, 0.25) is 5.91 Å².